The molecule has 0 unspecified atom stereocenters. The van der Waals surface area contributed by atoms with E-state index in [-0.39, 0.29) is 0 Å². The predicted octanol–water partition coefficient (Wildman–Crippen LogP) is 5.44. The second-order valence-corrected chi connectivity index (χ2v) is 5.47. The lowest BCUT2D eigenvalue weighted by atomic mass is 10.1. The molecule has 0 bridgehead atoms. The largest absolute Gasteiger partial charge is 0.278 e. The second-order valence-electron chi connectivity index (χ2n) is 5.47. The van der Waals surface area contributed by atoms with E-state index >= 15 is 0 Å². The molecule has 0 saturated heterocycles. The summed E-state index contributed by atoms with van der Waals surface area (Å²) in [5, 5.41) is 9.25. The average molecular weight is 296 g/mol. The first-order valence-corrected chi connectivity index (χ1v) is 7.66. The lowest BCUT2D eigenvalue weighted by molar-refractivity contribution is 1.37. The highest BCUT2D eigenvalue weighted by molar-refractivity contribution is 6.00. The zero-order chi connectivity index (χ0) is 15.5. The van der Waals surface area contributed by atoms with Gasteiger partial charge in [0.25, 0.3) is 0 Å². The van der Waals surface area contributed by atoms with Crippen molar-refractivity contribution >= 4 is 33.4 Å². The molecule has 0 spiro atoms. The predicted molar refractivity (Wildman–Crippen MR) is 99.1 cm³/mol. The standard InChI is InChI=1S/C21H16N2/c1-3-12-19-16(7-1)9-5-11-18(19)15-22-23-21-14-6-10-17-8-2-4-13-20(17)21/h1-15,23H. The molecule has 0 aliphatic carbocycles. The van der Waals surface area contributed by atoms with Crippen molar-refractivity contribution in [3.63, 3.8) is 0 Å². The fraction of sp³-hybridized carbons (Fsp3) is 0. The van der Waals surface area contributed by atoms with Gasteiger partial charge in [-0.2, -0.15) is 5.10 Å². The Kier molecular flexibility index (Phi) is 3.49. The fourth-order valence-electron chi connectivity index (χ4n) is 2.86. The van der Waals surface area contributed by atoms with Crippen LogP contribution in [0.1, 0.15) is 5.56 Å². The van der Waals surface area contributed by atoms with Crippen molar-refractivity contribution in [1.29, 1.82) is 0 Å². The van der Waals surface area contributed by atoms with Gasteiger partial charge in [-0.15, -0.1) is 0 Å². The van der Waals surface area contributed by atoms with E-state index in [9.17, 15) is 0 Å². The van der Waals surface area contributed by atoms with Crippen molar-refractivity contribution in [2.24, 2.45) is 5.10 Å². The smallest absolute Gasteiger partial charge is 0.0640 e. The molecule has 0 radical (unpaired) electrons. The summed E-state index contributed by atoms with van der Waals surface area (Å²) in [6, 6.07) is 29.1. The highest BCUT2D eigenvalue weighted by atomic mass is 15.3. The van der Waals surface area contributed by atoms with Gasteiger partial charge in [0.2, 0.25) is 0 Å². The van der Waals surface area contributed by atoms with Gasteiger partial charge < -0.3 is 0 Å². The minimum absolute atomic E-state index is 1.01. The van der Waals surface area contributed by atoms with Gasteiger partial charge in [-0.3, -0.25) is 5.43 Å². The van der Waals surface area contributed by atoms with Crippen LogP contribution in [0.3, 0.4) is 0 Å². The summed E-state index contributed by atoms with van der Waals surface area (Å²) >= 11 is 0. The van der Waals surface area contributed by atoms with Gasteiger partial charge in [0.15, 0.2) is 0 Å². The minimum Gasteiger partial charge on any atom is -0.278 e. The van der Waals surface area contributed by atoms with Gasteiger partial charge in [-0.05, 0) is 22.2 Å². The maximum atomic E-state index is 4.44. The molecule has 0 saturated carbocycles. The zero-order valence-corrected chi connectivity index (χ0v) is 12.6. The van der Waals surface area contributed by atoms with Gasteiger partial charge in [-0.25, -0.2) is 0 Å². The van der Waals surface area contributed by atoms with Crippen molar-refractivity contribution in [3.8, 4) is 0 Å². The third kappa shape index (κ3) is 2.67. The van der Waals surface area contributed by atoms with Crippen LogP contribution in [0.5, 0.6) is 0 Å². The molecule has 1 N–H and O–H groups in total. The van der Waals surface area contributed by atoms with Crippen molar-refractivity contribution in [1.82, 2.24) is 0 Å². The fourth-order valence-corrected chi connectivity index (χ4v) is 2.86. The van der Waals surface area contributed by atoms with Crippen molar-refractivity contribution in [2.75, 3.05) is 5.43 Å². The number of anilines is 1. The second kappa shape index (κ2) is 5.93. The molecule has 4 aromatic rings. The van der Waals surface area contributed by atoms with Gasteiger partial charge in [-0.1, -0.05) is 78.9 Å². The third-order valence-corrected chi connectivity index (χ3v) is 4.00. The molecule has 0 aliphatic rings. The molecular weight excluding hydrogens is 280 g/mol. The van der Waals surface area contributed by atoms with Crippen LogP contribution in [-0.4, -0.2) is 6.21 Å². The lowest BCUT2D eigenvalue weighted by Crippen LogP contribution is -1.92. The van der Waals surface area contributed by atoms with E-state index in [4.69, 9.17) is 0 Å². The molecular formula is C21H16N2. The number of hydrazone groups is 1. The van der Waals surface area contributed by atoms with Crippen LogP contribution in [0.2, 0.25) is 0 Å². The quantitative estimate of drug-likeness (QED) is 0.395. The zero-order valence-electron chi connectivity index (χ0n) is 12.6. The van der Waals surface area contributed by atoms with Crippen molar-refractivity contribution in [3.05, 3.63) is 90.5 Å². The Hall–Kier alpha value is -3.13. The Morgan fingerprint density at radius 1 is 0.609 bits per heavy atom. The monoisotopic (exact) mass is 296 g/mol. The molecule has 2 heteroatoms. The summed E-state index contributed by atoms with van der Waals surface area (Å²) in [7, 11) is 0. The van der Waals surface area contributed by atoms with Crippen LogP contribution in [0.25, 0.3) is 21.5 Å². The van der Waals surface area contributed by atoms with Crippen molar-refractivity contribution in [2.45, 2.75) is 0 Å². The maximum Gasteiger partial charge on any atom is 0.0640 e. The molecule has 0 aromatic heterocycles. The highest BCUT2D eigenvalue weighted by Crippen LogP contribution is 2.23. The summed E-state index contributed by atoms with van der Waals surface area (Å²) in [4.78, 5) is 0. The average Bonchev–Trinajstić information content (AvgIpc) is 2.62. The Balaban J connectivity index is 1.66. The molecule has 110 valence electrons. The van der Waals surface area contributed by atoms with E-state index in [0.717, 1.165) is 11.3 Å². The number of hydrogen-bond donors (Lipinski definition) is 1. The van der Waals surface area contributed by atoms with Gasteiger partial charge in [0.1, 0.15) is 0 Å². The van der Waals surface area contributed by atoms with Gasteiger partial charge >= 0.3 is 0 Å². The summed E-state index contributed by atoms with van der Waals surface area (Å²) in [5.41, 5.74) is 5.29. The Morgan fingerprint density at radius 2 is 1.22 bits per heavy atom. The molecule has 23 heavy (non-hydrogen) atoms. The van der Waals surface area contributed by atoms with Crippen LogP contribution >= 0.6 is 0 Å². The molecule has 0 amide bonds. The van der Waals surface area contributed by atoms with Crippen LogP contribution in [0.15, 0.2) is 90.0 Å². The normalized spacial score (nSPS) is 11.3. The first kappa shape index (κ1) is 13.5. The molecule has 0 aliphatic heterocycles. The van der Waals surface area contributed by atoms with Crippen molar-refractivity contribution < 1.29 is 0 Å². The number of benzene rings is 4. The van der Waals surface area contributed by atoms with E-state index in [2.05, 4.69) is 71.2 Å². The van der Waals surface area contributed by atoms with E-state index in [1.165, 1.54) is 21.5 Å². The molecule has 4 aromatic carbocycles. The molecule has 0 atom stereocenters. The first-order chi connectivity index (χ1) is 11.4. The summed E-state index contributed by atoms with van der Waals surface area (Å²) in [5.74, 6) is 0. The van der Waals surface area contributed by atoms with Gasteiger partial charge in [0, 0.05) is 10.9 Å². The van der Waals surface area contributed by atoms with Crippen LogP contribution in [0.4, 0.5) is 5.69 Å². The minimum atomic E-state index is 1.01. The number of rotatable bonds is 3. The van der Waals surface area contributed by atoms with Crippen LogP contribution in [0, 0.1) is 0 Å². The van der Waals surface area contributed by atoms with E-state index in [1.807, 2.05) is 30.5 Å². The summed E-state index contributed by atoms with van der Waals surface area (Å²) in [6.45, 7) is 0. The SMILES string of the molecule is C(=NNc1cccc2ccccc12)c1cccc2ccccc12. The topological polar surface area (TPSA) is 24.4 Å². The Labute approximate surface area is 135 Å². The van der Waals surface area contributed by atoms with Gasteiger partial charge in [0.05, 0.1) is 11.9 Å². The number of nitrogens with zero attached hydrogens (tertiary/aromatic N) is 1. The molecule has 0 heterocycles. The molecule has 4 rings (SSSR count). The Bertz CT molecular complexity index is 992. The van der Waals surface area contributed by atoms with E-state index < -0.39 is 0 Å². The van der Waals surface area contributed by atoms with Crippen LogP contribution in [-0.2, 0) is 0 Å². The third-order valence-electron chi connectivity index (χ3n) is 4.00. The number of fused-ring (bicyclic) bond motifs is 2. The lowest BCUT2D eigenvalue weighted by Gasteiger charge is -2.06. The summed E-state index contributed by atoms with van der Waals surface area (Å²) < 4.78 is 0. The molecule has 2 nitrogen and oxygen atoms in total. The maximum absolute atomic E-state index is 4.44. The number of hydrogen-bond acceptors (Lipinski definition) is 2. The van der Waals surface area contributed by atoms with Crippen LogP contribution < -0.4 is 5.43 Å². The highest BCUT2D eigenvalue weighted by Gasteiger charge is 1.99. The van der Waals surface area contributed by atoms with E-state index in [0.29, 0.717) is 0 Å². The first-order valence-electron chi connectivity index (χ1n) is 7.66. The van der Waals surface area contributed by atoms with E-state index in [1.54, 1.807) is 0 Å². The number of nitrogens with one attached hydrogen (secondary N) is 1. The summed E-state index contributed by atoms with van der Waals surface area (Å²) in [6.07, 6.45) is 1.88. The molecule has 0 fully saturated rings. The Morgan fingerprint density at radius 3 is 2.04 bits per heavy atom.